The fourth-order valence-corrected chi connectivity index (χ4v) is 1.42. The van der Waals surface area contributed by atoms with Crippen molar-refractivity contribution in [1.82, 2.24) is 10.3 Å². The van der Waals surface area contributed by atoms with Crippen LogP contribution in [-0.2, 0) is 0 Å². The monoisotopic (exact) mass is 272 g/mol. The molecular formula is C10H13ClN4O3. The molecule has 1 aromatic heterocycles. The summed E-state index contributed by atoms with van der Waals surface area (Å²) < 4.78 is 0. The third-order valence-corrected chi connectivity index (χ3v) is 2.38. The van der Waals surface area contributed by atoms with Gasteiger partial charge in [-0.3, -0.25) is 14.9 Å². The summed E-state index contributed by atoms with van der Waals surface area (Å²) in [5, 5.41) is 13.3. The van der Waals surface area contributed by atoms with Crippen molar-refractivity contribution in [1.29, 1.82) is 0 Å². The Morgan fingerprint density at radius 1 is 1.72 bits per heavy atom. The van der Waals surface area contributed by atoms with Crippen molar-refractivity contribution in [2.24, 2.45) is 5.73 Å². The highest BCUT2D eigenvalue weighted by molar-refractivity contribution is 6.29. The van der Waals surface area contributed by atoms with E-state index in [0.29, 0.717) is 13.0 Å². The van der Waals surface area contributed by atoms with Crippen LogP contribution in [0.2, 0.25) is 5.15 Å². The number of hydrogen-bond acceptors (Lipinski definition) is 5. The van der Waals surface area contributed by atoms with Crippen LogP contribution in [0.3, 0.4) is 0 Å². The summed E-state index contributed by atoms with van der Waals surface area (Å²) in [6, 6.07) is 1.11. The Morgan fingerprint density at radius 3 is 2.94 bits per heavy atom. The van der Waals surface area contributed by atoms with Gasteiger partial charge in [0.15, 0.2) is 0 Å². The van der Waals surface area contributed by atoms with Gasteiger partial charge in [-0.1, -0.05) is 11.6 Å². The zero-order valence-electron chi connectivity index (χ0n) is 9.72. The topological polar surface area (TPSA) is 111 Å². The van der Waals surface area contributed by atoms with Crippen molar-refractivity contribution < 1.29 is 9.72 Å². The number of amides is 1. The van der Waals surface area contributed by atoms with E-state index < -0.39 is 10.8 Å². The molecule has 8 heteroatoms. The summed E-state index contributed by atoms with van der Waals surface area (Å²) in [6.45, 7) is 2.14. The number of halogens is 1. The second kappa shape index (κ2) is 6.27. The van der Waals surface area contributed by atoms with Gasteiger partial charge >= 0.3 is 0 Å². The number of carbonyl (C=O) groups is 1. The smallest absolute Gasteiger partial charge is 0.300 e. The minimum Gasteiger partial charge on any atom is -0.352 e. The average molecular weight is 273 g/mol. The molecule has 1 aromatic rings. The van der Waals surface area contributed by atoms with Crippen LogP contribution in [0.5, 0.6) is 0 Å². The number of nitrogens with zero attached hydrogens (tertiary/aromatic N) is 2. The molecule has 0 radical (unpaired) electrons. The minimum absolute atomic E-state index is 0.0259. The zero-order valence-corrected chi connectivity index (χ0v) is 10.5. The summed E-state index contributed by atoms with van der Waals surface area (Å²) in [5.41, 5.74) is 5.04. The lowest BCUT2D eigenvalue weighted by Gasteiger charge is -2.07. The maximum absolute atomic E-state index is 11.8. The van der Waals surface area contributed by atoms with E-state index >= 15 is 0 Å². The second-order valence-electron chi connectivity index (χ2n) is 3.80. The molecule has 1 amide bonds. The molecule has 3 N–H and O–H groups in total. The van der Waals surface area contributed by atoms with Crippen molar-refractivity contribution in [3.8, 4) is 0 Å². The number of aromatic nitrogens is 1. The Labute approximate surface area is 108 Å². The molecule has 0 spiro atoms. The number of pyridine rings is 1. The number of carbonyl (C=O) groups excluding carboxylic acids is 1. The zero-order chi connectivity index (χ0) is 13.7. The van der Waals surface area contributed by atoms with Crippen LogP contribution in [0.4, 0.5) is 5.69 Å². The summed E-state index contributed by atoms with van der Waals surface area (Å²) in [7, 11) is 0. The first kappa shape index (κ1) is 14.3. The molecule has 1 heterocycles. The lowest BCUT2D eigenvalue weighted by Crippen LogP contribution is -2.29. The highest BCUT2D eigenvalue weighted by atomic mass is 35.5. The van der Waals surface area contributed by atoms with Gasteiger partial charge in [-0.15, -0.1) is 0 Å². The number of nitrogens with one attached hydrogen (secondary N) is 1. The van der Waals surface area contributed by atoms with Gasteiger partial charge < -0.3 is 11.1 Å². The van der Waals surface area contributed by atoms with E-state index in [4.69, 9.17) is 17.3 Å². The molecule has 1 unspecified atom stereocenters. The van der Waals surface area contributed by atoms with E-state index in [-0.39, 0.29) is 22.4 Å². The van der Waals surface area contributed by atoms with Crippen LogP contribution >= 0.6 is 11.6 Å². The van der Waals surface area contributed by atoms with Crippen LogP contribution < -0.4 is 11.1 Å². The van der Waals surface area contributed by atoms with Gasteiger partial charge in [-0.2, -0.15) is 0 Å². The molecule has 18 heavy (non-hydrogen) atoms. The van der Waals surface area contributed by atoms with Gasteiger partial charge in [0.1, 0.15) is 16.9 Å². The maximum Gasteiger partial charge on any atom is 0.300 e. The molecule has 1 rings (SSSR count). The second-order valence-corrected chi connectivity index (χ2v) is 4.19. The molecule has 0 aliphatic carbocycles. The SMILES string of the molecule is CC(N)CCNC(=O)c1cc(Cl)ncc1[N+](=O)[O-]. The van der Waals surface area contributed by atoms with E-state index in [0.717, 1.165) is 6.20 Å². The minimum atomic E-state index is -0.677. The number of rotatable bonds is 5. The van der Waals surface area contributed by atoms with E-state index in [9.17, 15) is 14.9 Å². The van der Waals surface area contributed by atoms with Gasteiger partial charge in [-0.25, -0.2) is 4.98 Å². The molecule has 98 valence electrons. The Balaban J connectivity index is 2.84. The first-order chi connectivity index (χ1) is 8.41. The molecule has 7 nitrogen and oxygen atoms in total. The fraction of sp³-hybridized carbons (Fsp3) is 0.400. The average Bonchev–Trinajstić information content (AvgIpc) is 2.27. The van der Waals surface area contributed by atoms with Crippen LogP contribution in [0, 0.1) is 10.1 Å². The summed E-state index contributed by atoms with van der Waals surface area (Å²) in [5.74, 6) is -0.563. The van der Waals surface area contributed by atoms with Crippen molar-refractivity contribution in [3.05, 3.63) is 33.1 Å². The normalized spacial score (nSPS) is 11.9. The molecule has 0 saturated carbocycles. The lowest BCUT2D eigenvalue weighted by atomic mass is 10.2. The molecule has 0 aromatic carbocycles. The molecule has 0 aliphatic heterocycles. The first-order valence-electron chi connectivity index (χ1n) is 5.25. The van der Waals surface area contributed by atoms with Crippen LogP contribution in [-0.4, -0.2) is 28.4 Å². The Morgan fingerprint density at radius 2 is 2.39 bits per heavy atom. The molecule has 0 fully saturated rings. The third kappa shape index (κ3) is 3.94. The molecule has 0 bridgehead atoms. The Hall–Kier alpha value is -1.73. The van der Waals surface area contributed by atoms with Crippen molar-refractivity contribution >= 4 is 23.2 Å². The van der Waals surface area contributed by atoms with E-state index in [1.54, 1.807) is 6.92 Å². The van der Waals surface area contributed by atoms with Gasteiger partial charge in [0.05, 0.1) is 4.92 Å². The van der Waals surface area contributed by atoms with Crippen LogP contribution in [0.25, 0.3) is 0 Å². The summed E-state index contributed by atoms with van der Waals surface area (Å²) in [4.78, 5) is 25.4. The predicted molar refractivity (Wildman–Crippen MR) is 66.5 cm³/mol. The number of nitrogens with two attached hydrogens (primary N) is 1. The van der Waals surface area contributed by atoms with Crippen molar-refractivity contribution in [2.75, 3.05) is 6.54 Å². The van der Waals surface area contributed by atoms with Gasteiger partial charge in [-0.05, 0) is 19.4 Å². The standard InChI is InChI=1S/C10H13ClN4O3/c1-6(12)2-3-13-10(16)7-4-9(11)14-5-8(7)15(17)18/h4-6H,2-3,12H2,1H3,(H,13,16). The molecule has 0 aliphatic rings. The van der Waals surface area contributed by atoms with Crippen LogP contribution in [0.15, 0.2) is 12.3 Å². The first-order valence-corrected chi connectivity index (χ1v) is 5.63. The quantitative estimate of drug-likeness (QED) is 0.474. The third-order valence-electron chi connectivity index (χ3n) is 2.18. The number of nitro groups is 1. The van der Waals surface area contributed by atoms with Crippen LogP contribution in [0.1, 0.15) is 23.7 Å². The van der Waals surface area contributed by atoms with Crippen molar-refractivity contribution in [2.45, 2.75) is 19.4 Å². The highest BCUT2D eigenvalue weighted by Gasteiger charge is 2.21. The summed E-state index contributed by atoms with van der Waals surface area (Å²) >= 11 is 5.62. The predicted octanol–water partition coefficient (Wildman–Crippen LogP) is 1.11. The molecular weight excluding hydrogens is 260 g/mol. The Bertz CT molecular complexity index is 464. The van der Waals surface area contributed by atoms with E-state index in [1.165, 1.54) is 6.07 Å². The molecule has 0 saturated heterocycles. The number of hydrogen-bond donors (Lipinski definition) is 2. The fourth-order valence-electron chi connectivity index (χ4n) is 1.26. The van der Waals surface area contributed by atoms with Gasteiger partial charge in [0.2, 0.25) is 0 Å². The van der Waals surface area contributed by atoms with Gasteiger partial charge in [0.25, 0.3) is 11.6 Å². The van der Waals surface area contributed by atoms with E-state index in [1.807, 2.05) is 0 Å². The van der Waals surface area contributed by atoms with Crippen molar-refractivity contribution in [3.63, 3.8) is 0 Å². The molecule has 1 atom stereocenters. The summed E-state index contributed by atoms with van der Waals surface area (Å²) in [6.07, 6.45) is 1.54. The Kier molecular flexibility index (Phi) is 4.99. The maximum atomic E-state index is 11.8. The highest BCUT2D eigenvalue weighted by Crippen LogP contribution is 2.20. The van der Waals surface area contributed by atoms with E-state index in [2.05, 4.69) is 10.3 Å². The lowest BCUT2D eigenvalue weighted by molar-refractivity contribution is -0.385. The van der Waals surface area contributed by atoms with Gasteiger partial charge in [0, 0.05) is 12.6 Å². The largest absolute Gasteiger partial charge is 0.352 e.